The number of aromatic nitrogens is 2. The molecule has 1 heterocycles. The minimum atomic E-state index is -3.73. The van der Waals surface area contributed by atoms with Crippen molar-refractivity contribution in [1.82, 2.24) is 9.97 Å². The van der Waals surface area contributed by atoms with Crippen LogP contribution in [0.3, 0.4) is 0 Å². The fourth-order valence-electron chi connectivity index (χ4n) is 1.40. The molecule has 8 nitrogen and oxygen atoms in total. The van der Waals surface area contributed by atoms with Crippen LogP contribution in [0.4, 0.5) is 5.69 Å². The van der Waals surface area contributed by atoms with Crippen molar-refractivity contribution in [2.45, 2.75) is 5.03 Å². The maximum atomic E-state index is 11.9. The molecule has 100 valence electrons. The van der Waals surface area contributed by atoms with E-state index in [1.54, 1.807) is 18.2 Å². The summed E-state index contributed by atoms with van der Waals surface area (Å²) < 4.78 is 26.2. The van der Waals surface area contributed by atoms with Crippen molar-refractivity contribution in [1.29, 1.82) is 0 Å². The molecule has 0 aliphatic heterocycles. The molecule has 0 fully saturated rings. The zero-order chi connectivity index (χ0) is 13.9. The van der Waals surface area contributed by atoms with Gasteiger partial charge in [0.2, 0.25) is 0 Å². The van der Waals surface area contributed by atoms with Crippen LogP contribution < -0.4 is 10.5 Å². The third-order valence-electron chi connectivity index (χ3n) is 2.28. The number of sulfonamides is 1. The van der Waals surface area contributed by atoms with E-state index in [-0.39, 0.29) is 10.9 Å². The Kier molecular flexibility index (Phi) is 3.38. The number of nitrogens with zero attached hydrogens (tertiary/aromatic N) is 2. The van der Waals surface area contributed by atoms with Gasteiger partial charge in [-0.25, -0.2) is 4.98 Å². The predicted octanol–water partition coefficient (Wildman–Crippen LogP) is 0.305. The summed E-state index contributed by atoms with van der Waals surface area (Å²) in [6, 6.07) is 6.16. The Morgan fingerprint density at radius 1 is 1.47 bits per heavy atom. The number of imidazole rings is 1. The fraction of sp³-hybridized carbons (Fsp3) is 0. The van der Waals surface area contributed by atoms with Crippen LogP contribution in [-0.2, 0) is 10.0 Å². The van der Waals surface area contributed by atoms with Crippen molar-refractivity contribution in [3.05, 3.63) is 42.4 Å². The van der Waals surface area contributed by atoms with Gasteiger partial charge in [0.1, 0.15) is 0 Å². The smallest absolute Gasteiger partial charge is 0.278 e. The van der Waals surface area contributed by atoms with E-state index in [2.05, 4.69) is 19.8 Å². The standard InChI is InChI=1S/C10H11N5O3S/c11-10(14-16)7-2-1-3-8(4-7)15-19(17,18)9-5-12-6-13-9/h1-6,15-16H,(H2,11,14)(H,12,13). The van der Waals surface area contributed by atoms with Crippen molar-refractivity contribution >= 4 is 21.5 Å². The molecule has 0 amide bonds. The number of oxime groups is 1. The van der Waals surface area contributed by atoms with Crippen molar-refractivity contribution in [2.75, 3.05) is 4.72 Å². The third kappa shape index (κ3) is 2.83. The van der Waals surface area contributed by atoms with Crippen LogP contribution in [0.2, 0.25) is 0 Å². The first kappa shape index (κ1) is 12.9. The molecule has 0 spiro atoms. The molecule has 2 rings (SSSR count). The highest BCUT2D eigenvalue weighted by molar-refractivity contribution is 7.92. The Labute approximate surface area is 109 Å². The van der Waals surface area contributed by atoms with Gasteiger partial charge in [0.05, 0.1) is 12.5 Å². The van der Waals surface area contributed by atoms with Crippen molar-refractivity contribution in [3.63, 3.8) is 0 Å². The van der Waals surface area contributed by atoms with E-state index in [1.807, 2.05) is 0 Å². The Bertz CT molecular complexity index is 694. The number of aromatic amines is 1. The van der Waals surface area contributed by atoms with Crippen molar-refractivity contribution < 1.29 is 13.6 Å². The quantitative estimate of drug-likeness (QED) is 0.277. The Balaban J connectivity index is 2.30. The number of anilines is 1. The molecule has 0 atom stereocenters. The van der Waals surface area contributed by atoms with Gasteiger partial charge in [0.15, 0.2) is 10.9 Å². The van der Waals surface area contributed by atoms with Crippen LogP contribution >= 0.6 is 0 Å². The number of rotatable bonds is 4. The molecule has 0 aliphatic carbocycles. The summed E-state index contributed by atoms with van der Waals surface area (Å²) in [4.78, 5) is 6.14. The van der Waals surface area contributed by atoms with Gasteiger partial charge >= 0.3 is 0 Å². The van der Waals surface area contributed by atoms with Crippen LogP contribution in [0.25, 0.3) is 0 Å². The van der Waals surface area contributed by atoms with Crippen LogP contribution in [0.15, 0.2) is 47.0 Å². The van der Waals surface area contributed by atoms with E-state index in [4.69, 9.17) is 10.9 Å². The maximum Gasteiger partial charge on any atom is 0.278 e. The number of amidine groups is 1. The highest BCUT2D eigenvalue weighted by Gasteiger charge is 2.15. The molecule has 0 aliphatic rings. The first-order valence-electron chi connectivity index (χ1n) is 5.12. The lowest BCUT2D eigenvalue weighted by molar-refractivity contribution is 0.318. The van der Waals surface area contributed by atoms with Crippen LogP contribution in [0.5, 0.6) is 0 Å². The Morgan fingerprint density at radius 3 is 2.89 bits per heavy atom. The highest BCUT2D eigenvalue weighted by atomic mass is 32.2. The Morgan fingerprint density at radius 2 is 2.26 bits per heavy atom. The first-order chi connectivity index (χ1) is 9.03. The second-order valence-electron chi connectivity index (χ2n) is 3.59. The highest BCUT2D eigenvalue weighted by Crippen LogP contribution is 2.15. The second kappa shape index (κ2) is 4.98. The molecule has 0 radical (unpaired) electrons. The molecule has 2 aromatic rings. The first-order valence-corrected chi connectivity index (χ1v) is 6.60. The van der Waals surface area contributed by atoms with Gasteiger partial charge in [-0.05, 0) is 12.1 Å². The average Bonchev–Trinajstić information content (AvgIpc) is 2.92. The summed E-state index contributed by atoms with van der Waals surface area (Å²) in [6.07, 6.45) is 2.46. The predicted molar refractivity (Wildman–Crippen MR) is 68.3 cm³/mol. The van der Waals surface area contributed by atoms with E-state index in [1.165, 1.54) is 18.6 Å². The van der Waals surface area contributed by atoms with E-state index >= 15 is 0 Å². The van der Waals surface area contributed by atoms with Gasteiger partial charge in [-0.1, -0.05) is 17.3 Å². The van der Waals surface area contributed by atoms with Crippen LogP contribution in [-0.4, -0.2) is 29.4 Å². The molecule has 0 unspecified atom stereocenters. The molecule has 0 saturated carbocycles. The summed E-state index contributed by atoms with van der Waals surface area (Å²) in [5.41, 5.74) is 6.11. The lowest BCUT2D eigenvalue weighted by Crippen LogP contribution is -2.16. The van der Waals surface area contributed by atoms with Crippen molar-refractivity contribution in [2.24, 2.45) is 10.9 Å². The monoisotopic (exact) mass is 281 g/mol. The zero-order valence-electron chi connectivity index (χ0n) is 9.61. The van der Waals surface area contributed by atoms with Gasteiger partial charge in [0, 0.05) is 11.3 Å². The summed E-state index contributed by atoms with van der Waals surface area (Å²) in [7, 11) is -3.73. The van der Waals surface area contributed by atoms with Gasteiger partial charge in [-0.3, -0.25) is 4.72 Å². The lowest BCUT2D eigenvalue weighted by atomic mass is 10.2. The fourth-order valence-corrected chi connectivity index (χ4v) is 2.35. The number of hydrogen-bond donors (Lipinski definition) is 4. The number of H-pyrrole nitrogens is 1. The number of nitrogens with one attached hydrogen (secondary N) is 2. The van der Waals surface area contributed by atoms with Crippen molar-refractivity contribution in [3.8, 4) is 0 Å². The van der Waals surface area contributed by atoms with Crippen LogP contribution in [0.1, 0.15) is 5.56 Å². The summed E-state index contributed by atoms with van der Waals surface area (Å²) in [5.74, 6) is -0.109. The second-order valence-corrected chi connectivity index (χ2v) is 5.24. The minimum absolute atomic E-state index is 0.0540. The topological polar surface area (TPSA) is 133 Å². The van der Waals surface area contributed by atoms with E-state index < -0.39 is 10.0 Å². The minimum Gasteiger partial charge on any atom is -0.409 e. The number of nitrogens with two attached hydrogens (primary N) is 1. The van der Waals surface area contributed by atoms with E-state index in [0.717, 1.165) is 0 Å². The molecule has 9 heteroatoms. The summed E-state index contributed by atoms with van der Waals surface area (Å²) in [5, 5.41) is 11.4. The van der Waals surface area contributed by atoms with Gasteiger partial charge in [-0.2, -0.15) is 8.42 Å². The molecular formula is C10H11N5O3S. The lowest BCUT2D eigenvalue weighted by Gasteiger charge is -2.07. The largest absolute Gasteiger partial charge is 0.409 e. The normalized spacial score (nSPS) is 12.3. The zero-order valence-corrected chi connectivity index (χ0v) is 10.4. The maximum absolute atomic E-state index is 11.9. The molecular weight excluding hydrogens is 270 g/mol. The van der Waals surface area contributed by atoms with Gasteiger partial charge in [-0.15, -0.1) is 0 Å². The Hall–Kier alpha value is -2.55. The van der Waals surface area contributed by atoms with E-state index in [0.29, 0.717) is 11.3 Å². The number of hydrogen-bond acceptors (Lipinski definition) is 5. The third-order valence-corrected chi connectivity index (χ3v) is 3.59. The molecule has 5 N–H and O–H groups in total. The SMILES string of the molecule is NC(=NO)c1cccc(NS(=O)(=O)c2cnc[nH]2)c1. The molecule has 0 bridgehead atoms. The van der Waals surface area contributed by atoms with Crippen LogP contribution in [0, 0.1) is 0 Å². The van der Waals surface area contributed by atoms with Gasteiger partial charge in [0.25, 0.3) is 10.0 Å². The molecule has 1 aromatic heterocycles. The van der Waals surface area contributed by atoms with E-state index in [9.17, 15) is 8.42 Å². The molecule has 1 aromatic carbocycles. The summed E-state index contributed by atoms with van der Waals surface area (Å²) >= 11 is 0. The molecule has 19 heavy (non-hydrogen) atoms. The molecule has 0 saturated heterocycles. The van der Waals surface area contributed by atoms with Gasteiger partial charge < -0.3 is 15.9 Å². The average molecular weight is 281 g/mol. The summed E-state index contributed by atoms with van der Waals surface area (Å²) in [6.45, 7) is 0. The number of benzene rings is 1.